The van der Waals surface area contributed by atoms with Crippen LogP contribution in [0.2, 0.25) is 0 Å². The van der Waals surface area contributed by atoms with Crippen molar-refractivity contribution in [1.82, 2.24) is 0 Å². The van der Waals surface area contributed by atoms with E-state index in [9.17, 15) is 9.59 Å². The van der Waals surface area contributed by atoms with Crippen molar-refractivity contribution in [3.63, 3.8) is 0 Å². The normalized spacial score (nSPS) is 20.1. The van der Waals surface area contributed by atoms with E-state index in [1.165, 1.54) is 7.11 Å². The number of carbonyl (C=O) groups is 2. The molecule has 3 aromatic rings. The molecule has 1 saturated carbocycles. The summed E-state index contributed by atoms with van der Waals surface area (Å²) in [5, 5.41) is 4.50. The van der Waals surface area contributed by atoms with Crippen molar-refractivity contribution in [2.45, 2.75) is 17.7 Å². The maximum Gasteiger partial charge on any atom is 0.315 e. The highest BCUT2D eigenvalue weighted by molar-refractivity contribution is 6.53. The van der Waals surface area contributed by atoms with Crippen LogP contribution in [0.5, 0.6) is 5.75 Å². The van der Waals surface area contributed by atoms with Gasteiger partial charge in [0.25, 0.3) is 5.91 Å². The number of benzene rings is 2. The monoisotopic (exact) mass is 421 g/mol. The molecule has 4 rings (SSSR count). The summed E-state index contributed by atoms with van der Waals surface area (Å²) in [6, 6.07) is 11.1. The largest absolute Gasteiger partial charge is 0.495 e. The molecule has 0 radical (unpaired) electrons. The van der Waals surface area contributed by atoms with E-state index in [2.05, 4.69) is 5.32 Å². The van der Waals surface area contributed by atoms with E-state index < -0.39 is 28.2 Å². The summed E-state index contributed by atoms with van der Waals surface area (Å²) >= 11 is 11.9. The first-order valence-electron chi connectivity index (χ1n) is 8.59. The van der Waals surface area contributed by atoms with Crippen LogP contribution >= 0.6 is 23.2 Å². The number of halogens is 2. The fraction of sp³-hybridized carbons (Fsp3) is 0.300. The van der Waals surface area contributed by atoms with Crippen molar-refractivity contribution in [1.29, 1.82) is 0 Å². The lowest BCUT2D eigenvalue weighted by atomic mass is 10.1. The van der Waals surface area contributed by atoms with E-state index in [-0.39, 0.29) is 0 Å². The lowest BCUT2D eigenvalue weighted by molar-refractivity contribution is -0.152. The molecule has 146 valence electrons. The fourth-order valence-electron chi connectivity index (χ4n) is 3.12. The molecule has 1 amide bonds. The second kappa shape index (κ2) is 6.57. The molecule has 0 aliphatic heterocycles. The summed E-state index contributed by atoms with van der Waals surface area (Å²) in [5.41, 5.74) is 0.771. The molecule has 2 aromatic carbocycles. The topological polar surface area (TPSA) is 77.8 Å². The summed E-state index contributed by atoms with van der Waals surface area (Å²) in [4.78, 5) is 24.3. The Hall–Kier alpha value is -2.44. The maximum absolute atomic E-state index is 12.3. The first kappa shape index (κ1) is 18.9. The van der Waals surface area contributed by atoms with Gasteiger partial charge in [-0.2, -0.15) is 0 Å². The van der Waals surface area contributed by atoms with E-state index in [1.54, 1.807) is 19.1 Å². The number of esters is 1. The molecule has 0 spiro atoms. The van der Waals surface area contributed by atoms with Gasteiger partial charge >= 0.3 is 5.97 Å². The summed E-state index contributed by atoms with van der Waals surface area (Å²) in [7, 11) is 1.51. The van der Waals surface area contributed by atoms with Crippen LogP contribution in [0.4, 0.5) is 5.69 Å². The number of amides is 1. The van der Waals surface area contributed by atoms with Gasteiger partial charge in [-0.25, -0.2) is 0 Å². The molecular formula is C20H17Cl2NO5. The molecule has 1 heterocycles. The number of ether oxygens (including phenoxy) is 2. The maximum atomic E-state index is 12.3. The Morgan fingerprint density at radius 3 is 2.57 bits per heavy atom. The highest BCUT2D eigenvalue weighted by Gasteiger charge is 2.69. The molecule has 1 N–H and O–H groups in total. The van der Waals surface area contributed by atoms with Gasteiger partial charge in [-0.3, -0.25) is 9.59 Å². The molecule has 1 atom stereocenters. The minimum absolute atomic E-state index is 0.292. The average Bonchev–Trinajstić information content (AvgIpc) is 3.01. The molecule has 0 bridgehead atoms. The number of anilines is 1. The number of rotatable bonds is 5. The first-order chi connectivity index (χ1) is 13.2. The molecule has 8 heteroatoms. The third-order valence-corrected chi connectivity index (χ3v) is 6.12. The number of fused-ring (bicyclic) bond motifs is 3. The minimum atomic E-state index is -1.14. The first-order valence-corrected chi connectivity index (χ1v) is 9.35. The van der Waals surface area contributed by atoms with E-state index in [4.69, 9.17) is 37.1 Å². The van der Waals surface area contributed by atoms with Crippen molar-refractivity contribution >= 4 is 62.7 Å². The second-order valence-electron chi connectivity index (χ2n) is 6.98. The zero-order chi connectivity index (χ0) is 20.1. The molecule has 1 aliphatic carbocycles. The number of methoxy groups -OCH3 is 1. The van der Waals surface area contributed by atoms with Crippen LogP contribution in [-0.2, 0) is 14.3 Å². The van der Waals surface area contributed by atoms with Crippen LogP contribution in [0.1, 0.15) is 13.3 Å². The van der Waals surface area contributed by atoms with E-state index in [0.717, 1.165) is 16.4 Å². The lowest BCUT2D eigenvalue weighted by Gasteiger charge is -2.13. The van der Waals surface area contributed by atoms with Crippen LogP contribution in [0.25, 0.3) is 21.9 Å². The zero-order valence-electron chi connectivity index (χ0n) is 15.2. The Morgan fingerprint density at radius 2 is 1.89 bits per heavy atom. The van der Waals surface area contributed by atoms with Crippen molar-refractivity contribution in [3.05, 3.63) is 36.4 Å². The predicted octanol–water partition coefficient (Wildman–Crippen LogP) is 4.66. The van der Waals surface area contributed by atoms with Crippen molar-refractivity contribution in [2.24, 2.45) is 5.41 Å². The number of alkyl halides is 2. The van der Waals surface area contributed by atoms with Gasteiger partial charge in [0.1, 0.15) is 26.7 Å². The van der Waals surface area contributed by atoms with Gasteiger partial charge in [0, 0.05) is 23.3 Å². The Bertz CT molecular complexity index is 1110. The highest BCUT2D eigenvalue weighted by Crippen LogP contribution is 2.64. The van der Waals surface area contributed by atoms with Gasteiger partial charge in [-0.15, -0.1) is 23.2 Å². The highest BCUT2D eigenvalue weighted by atomic mass is 35.5. The van der Waals surface area contributed by atoms with Crippen LogP contribution in [-0.4, -0.2) is 29.9 Å². The zero-order valence-corrected chi connectivity index (χ0v) is 16.7. The molecule has 1 aromatic heterocycles. The molecule has 1 fully saturated rings. The lowest BCUT2D eigenvalue weighted by Crippen LogP contribution is -2.26. The number of hydrogen-bond donors (Lipinski definition) is 1. The Labute approximate surface area is 170 Å². The summed E-state index contributed by atoms with van der Waals surface area (Å²) < 4.78 is 15.1. The Kier molecular flexibility index (Phi) is 4.43. The second-order valence-corrected chi connectivity index (χ2v) is 8.47. The van der Waals surface area contributed by atoms with Crippen LogP contribution in [0.3, 0.4) is 0 Å². The number of hydrogen-bond acceptors (Lipinski definition) is 5. The molecular weight excluding hydrogens is 405 g/mol. The molecule has 0 saturated heterocycles. The molecule has 0 unspecified atom stereocenters. The van der Waals surface area contributed by atoms with Gasteiger partial charge in [0.15, 0.2) is 6.61 Å². The van der Waals surface area contributed by atoms with Gasteiger partial charge in [0.05, 0.1) is 12.8 Å². The molecule has 28 heavy (non-hydrogen) atoms. The smallest absolute Gasteiger partial charge is 0.315 e. The van der Waals surface area contributed by atoms with Crippen molar-refractivity contribution < 1.29 is 23.5 Å². The molecule has 1 aliphatic rings. The standard InChI is InChI=1S/C20H17Cl2NO5/c1-19(10-20(19,21)22)18(25)27-9-17(24)23-13-8-15-12(7-16(13)26-2)11-5-3-4-6-14(11)28-15/h3-8H,9-10H2,1-2H3,(H,23,24)/t19-/m1/s1. The number of para-hydroxylation sites is 1. The van der Waals surface area contributed by atoms with Crippen LogP contribution in [0, 0.1) is 5.41 Å². The fourth-order valence-corrected chi connectivity index (χ4v) is 3.80. The third kappa shape index (κ3) is 3.06. The summed E-state index contributed by atoms with van der Waals surface area (Å²) in [6.45, 7) is 1.14. The van der Waals surface area contributed by atoms with Crippen molar-refractivity contribution in [2.75, 3.05) is 19.0 Å². The SMILES string of the molecule is COc1cc2c(cc1NC(=O)COC(=O)[C@@]1(C)CC1(Cl)Cl)oc1ccccc12. The average molecular weight is 422 g/mol. The minimum Gasteiger partial charge on any atom is -0.495 e. The Balaban J connectivity index is 1.51. The number of carbonyl (C=O) groups excluding carboxylic acids is 2. The van der Waals surface area contributed by atoms with Gasteiger partial charge in [0.2, 0.25) is 0 Å². The van der Waals surface area contributed by atoms with Crippen molar-refractivity contribution in [3.8, 4) is 5.75 Å². The van der Waals surface area contributed by atoms with E-state index in [0.29, 0.717) is 23.4 Å². The van der Waals surface area contributed by atoms with E-state index in [1.807, 2.05) is 24.3 Å². The number of nitrogens with one attached hydrogen (secondary N) is 1. The molecule has 6 nitrogen and oxygen atoms in total. The quantitative estimate of drug-likeness (QED) is 0.478. The summed E-state index contributed by atoms with van der Waals surface area (Å²) in [5.74, 6) is -0.651. The third-order valence-electron chi connectivity index (χ3n) is 5.02. The summed E-state index contributed by atoms with van der Waals surface area (Å²) in [6.07, 6.45) is 0.292. The van der Waals surface area contributed by atoms with Crippen LogP contribution < -0.4 is 10.1 Å². The Morgan fingerprint density at radius 1 is 1.18 bits per heavy atom. The van der Waals surface area contributed by atoms with Gasteiger partial charge in [-0.1, -0.05) is 18.2 Å². The number of furan rings is 1. The van der Waals surface area contributed by atoms with Gasteiger partial charge in [-0.05, 0) is 19.1 Å². The van der Waals surface area contributed by atoms with Gasteiger partial charge < -0.3 is 19.2 Å². The predicted molar refractivity (Wildman–Crippen MR) is 107 cm³/mol. The van der Waals surface area contributed by atoms with Crippen LogP contribution in [0.15, 0.2) is 40.8 Å². The van der Waals surface area contributed by atoms with E-state index >= 15 is 0 Å².